The fourth-order valence-corrected chi connectivity index (χ4v) is 1.44. The molecule has 82 valence electrons. The van der Waals surface area contributed by atoms with Crippen molar-refractivity contribution in [1.82, 2.24) is 14.8 Å². The molecular formula is C11H12N4O. The van der Waals surface area contributed by atoms with E-state index in [1.165, 1.54) is 6.92 Å². The number of aryl methyl sites for hydroxylation is 1. The van der Waals surface area contributed by atoms with E-state index in [0.29, 0.717) is 5.69 Å². The lowest BCUT2D eigenvalue weighted by Crippen LogP contribution is -2.05. The van der Waals surface area contributed by atoms with E-state index in [1.54, 1.807) is 23.3 Å². The third-order valence-electron chi connectivity index (χ3n) is 2.10. The van der Waals surface area contributed by atoms with Crippen LogP contribution in [0.1, 0.15) is 6.92 Å². The summed E-state index contributed by atoms with van der Waals surface area (Å²) in [5.74, 6) is -0.106. The molecular weight excluding hydrogens is 204 g/mol. The van der Waals surface area contributed by atoms with Crippen LogP contribution in [0.4, 0.5) is 5.69 Å². The summed E-state index contributed by atoms with van der Waals surface area (Å²) in [7, 11) is 1.86. The number of nitrogens with one attached hydrogen (secondary N) is 1. The zero-order chi connectivity index (χ0) is 11.5. The molecule has 0 fully saturated rings. The number of rotatable bonds is 2. The smallest absolute Gasteiger partial charge is 0.221 e. The van der Waals surface area contributed by atoms with Gasteiger partial charge in [-0.05, 0) is 6.07 Å². The van der Waals surface area contributed by atoms with Gasteiger partial charge in [-0.25, -0.2) is 0 Å². The summed E-state index contributed by atoms with van der Waals surface area (Å²) in [5, 5.41) is 6.78. The van der Waals surface area contributed by atoms with E-state index in [4.69, 9.17) is 0 Å². The van der Waals surface area contributed by atoms with Crippen LogP contribution in [0.25, 0.3) is 11.1 Å². The highest BCUT2D eigenvalue weighted by atomic mass is 16.1. The summed E-state index contributed by atoms with van der Waals surface area (Å²) < 4.78 is 1.72. The SMILES string of the molecule is CC(=O)Nc1cncc(-c2cnn(C)c2)c1. The van der Waals surface area contributed by atoms with E-state index in [2.05, 4.69) is 15.4 Å². The van der Waals surface area contributed by atoms with E-state index in [0.717, 1.165) is 11.1 Å². The molecule has 0 aromatic carbocycles. The van der Waals surface area contributed by atoms with Crippen molar-refractivity contribution in [2.75, 3.05) is 5.32 Å². The Morgan fingerprint density at radius 1 is 1.31 bits per heavy atom. The van der Waals surface area contributed by atoms with Gasteiger partial charge in [0.1, 0.15) is 0 Å². The zero-order valence-electron chi connectivity index (χ0n) is 9.14. The number of pyridine rings is 1. The minimum Gasteiger partial charge on any atom is -0.325 e. The summed E-state index contributed by atoms with van der Waals surface area (Å²) >= 11 is 0. The van der Waals surface area contributed by atoms with Crippen molar-refractivity contribution >= 4 is 11.6 Å². The Morgan fingerprint density at radius 2 is 2.12 bits per heavy atom. The number of carbonyl (C=O) groups excluding carboxylic acids is 1. The number of hydrogen-bond acceptors (Lipinski definition) is 3. The van der Waals surface area contributed by atoms with Crippen molar-refractivity contribution in [3.8, 4) is 11.1 Å². The van der Waals surface area contributed by atoms with Crippen LogP contribution in [0, 0.1) is 0 Å². The predicted molar refractivity (Wildman–Crippen MR) is 60.7 cm³/mol. The summed E-state index contributed by atoms with van der Waals surface area (Å²) in [6.07, 6.45) is 7.01. The van der Waals surface area contributed by atoms with Crippen molar-refractivity contribution in [2.24, 2.45) is 7.05 Å². The number of hydrogen-bond donors (Lipinski definition) is 1. The lowest BCUT2D eigenvalue weighted by Gasteiger charge is -2.02. The topological polar surface area (TPSA) is 59.8 Å². The highest BCUT2D eigenvalue weighted by Gasteiger charge is 2.02. The molecule has 0 saturated heterocycles. The molecule has 0 radical (unpaired) electrons. The van der Waals surface area contributed by atoms with Crippen molar-refractivity contribution in [2.45, 2.75) is 6.92 Å². The molecule has 5 heteroatoms. The first-order valence-corrected chi connectivity index (χ1v) is 4.87. The Kier molecular flexibility index (Phi) is 2.68. The van der Waals surface area contributed by atoms with Gasteiger partial charge in [0.25, 0.3) is 0 Å². The van der Waals surface area contributed by atoms with Gasteiger partial charge in [-0.2, -0.15) is 5.10 Å². The van der Waals surface area contributed by atoms with E-state index in [9.17, 15) is 4.79 Å². The maximum atomic E-state index is 10.9. The lowest BCUT2D eigenvalue weighted by atomic mass is 10.1. The molecule has 1 amide bonds. The molecule has 2 heterocycles. The van der Waals surface area contributed by atoms with Gasteiger partial charge in [0.05, 0.1) is 18.1 Å². The van der Waals surface area contributed by atoms with Gasteiger partial charge < -0.3 is 5.32 Å². The second-order valence-corrected chi connectivity index (χ2v) is 3.55. The van der Waals surface area contributed by atoms with Gasteiger partial charge in [0.2, 0.25) is 5.91 Å². The fraction of sp³-hybridized carbons (Fsp3) is 0.182. The molecule has 2 aromatic heterocycles. The normalized spacial score (nSPS) is 10.1. The standard InChI is InChI=1S/C11H12N4O/c1-8(16)14-11-3-9(4-12-6-11)10-5-13-15(2)7-10/h3-7H,1-2H3,(H,14,16). The largest absolute Gasteiger partial charge is 0.325 e. The average Bonchev–Trinajstić information content (AvgIpc) is 2.64. The highest BCUT2D eigenvalue weighted by Crippen LogP contribution is 2.20. The molecule has 0 atom stereocenters. The van der Waals surface area contributed by atoms with Gasteiger partial charge in [-0.3, -0.25) is 14.5 Å². The molecule has 0 bridgehead atoms. The van der Waals surface area contributed by atoms with Crippen LogP contribution in [0.2, 0.25) is 0 Å². The quantitative estimate of drug-likeness (QED) is 0.826. The molecule has 0 aliphatic carbocycles. The third kappa shape index (κ3) is 2.25. The third-order valence-corrected chi connectivity index (χ3v) is 2.10. The Morgan fingerprint density at radius 3 is 2.75 bits per heavy atom. The summed E-state index contributed by atoms with van der Waals surface area (Å²) in [6, 6.07) is 1.87. The maximum Gasteiger partial charge on any atom is 0.221 e. The molecule has 0 aliphatic rings. The number of aromatic nitrogens is 3. The highest BCUT2D eigenvalue weighted by molar-refractivity contribution is 5.89. The number of amides is 1. The van der Waals surface area contributed by atoms with Gasteiger partial charge in [0.15, 0.2) is 0 Å². The molecule has 2 aromatic rings. The average molecular weight is 216 g/mol. The molecule has 2 rings (SSSR count). The monoisotopic (exact) mass is 216 g/mol. The van der Waals surface area contributed by atoms with Gasteiger partial charge in [0, 0.05) is 37.5 Å². The Labute approximate surface area is 93.1 Å². The lowest BCUT2D eigenvalue weighted by molar-refractivity contribution is -0.114. The second-order valence-electron chi connectivity index (χ2n) is 3.55. The van der Waals surface area contributed by atoms with Crippen LogP contribution in [-0.4, -0.2) is 20.7 Å². The minimum atomic E-state index is -0.106. The number of anilines is 1. The van der Waals surface area contributed by atoms with Gasteiger partial charge >= 0.3 is 0 Å². The van der Waals surface area contributed by atoms with Crippen molar-refractivity contribution < 1.29 is 4.79 Å². The molecule has 0 unspecified atom stereocenters. The molecule has 0 aliphatic heterocycles. The molecule has 0 saturated carbocycles. The summed E-state index contributed by atoms with van der Waals surface area (Å²) in [5.41, 5.74) is 2.59. The molecule has 5 nitrogen and oxygen atoms in total. The van der Waals surface area contributed by atoms with Crippen LogP contribution in [0.5, 0.6) is 0 Å². The first-order valence-electron chi connectivity index (χ1n) is 4.87. The zero-order valence-corrected chi connectivity index (χ0v) is 9.14. The van der Waals surface area contributed by atoms with Crippen molar-refractivity contribution in [3.05, 3.63) is 30.9 Å². The summed E-state index contributed by atoms with van der Waals surface area (Å²) in [4.78, 5) is 15.0. The van der Waals surface area contributed by atoms with Crippen LogP contribution < -0.4 is 5.32 Å². The predicted octanol–water partition coefficient (Wildman–Crippen LogP) is 1.44. The van der Waals surface area contributed by atoms with E-state index >= 15 is 0 Å². The van der Waals surface area contributed by atoms with Gasteiger partial charge in [-0.15, -0.1) is 0 Å². The maximum absolute atomic E-state index is 10.9. The second kappa shape index (κ2) is 4.14. The molecule has 1 N–H and O–H groups in total. The van der Waals surface area contributed by atoms with E-state index < -0.39 is 0 Å². The molecule has 16 heavy (non-hydrogen) atoms. The van der Waals surface area contributed by atoms with Gasteiger partial charge in [-0.1, -0.05) is 0 Å². The van der Waals surface area contributed by atoms with Crippen LogP contribution in [0.3, 0.4) is 0 Å². The number of carbonyl (C=O) groups is 1. The minimum absolute atomic E-state index is 0.106. The van der Waals surface area contributed by atoms with Crippen LogP contribution in [-0.2, 0) is 11.8 Å². The Balaban J connectivity index is 2.32. The van der Waals surface area contributed by atoms with Crippen molar-refractivity contribution in [1.29, 1.82) is 0 Å². The first kappa shape index (κ1) is 10.4. The van der Waals surface area contributed by atoms with Crippen molar-refractivity contribution in [3.63, 3.8) is 0 Å². The Hall–Kier alpha value is -2.17. The van der Waals surface area contributed by atoms with E-state index in [-0.39, 0.29) is 5.91 Å². The van der Waals surface area contributed by atoms with Crippen LogP contribution >= 0.6 is 0 Å². The first-order chi connectivity index (χ1) is 7.65. The number of nitrogens with zero attached hydrogens (tertiary/aromatic N) is 3. The fourth-order valence-electron chi connectivity index (χ4n) is 1.44. The molecule has 0 spiro atoms. The van der Waals surface area contributed by atoms with E-state index in [1.807, 2.05) is 19.3 Å². The Bertz CT molecular complexity index is 518. The summed E-state index contributed by atoms with van der Waals surface area (Å²) in [6.45, 7) is 1.47. The van der Waals surface area contributed by atoms with Crippen LogP contribution in [0.15, 0.2) is 30.9 Å².